The second-order valence-corrected chi connectivity index (χ2v) is 34.8. The van der Waals surface area contributed by atoms with Gasteiger partial charge in [0.15, 0.2) is 0 Å². The van der Waals surface area contributed by atoms with Crippen LogP contribution in [0.1, 0.15) is 156 Å². The van der Waals surface area contributed by atoms with Gasteiger partial charge in [0.05, 0.1) is 35.7 Å². The highest BCUT2D eigenvalue weighted by Crippen LogP contribution is 2.24. The van der Waals surface area contributed by atoms with Gasteiger partial charge in [0.1, 0.15) is 84.3 Å². The van der Waals surface area contributed by atoms with Crippen LogP contribution in [0.15, 0.2) is 97.6 Å². The van der Waals surface area contributed by atoms with Gasteiger partial charge in [-0.05, 0) is 97.2 Å². The summed E-state index contributed by atoms with van der Waals surface area (Å²) in [5.74, 6) is -21.8. The van der Waals surface area contributed by atoms with Crippen LogP contribution >= 0.6 is 23.5 Å². The number of carbonyl (C=O) groups excluding carboxylic acids is 16. The first-order chi connectivity index (χ1) is 62.6. The summed E-state index contributed by atoms with van der Waals surface area (Å²) in [5.41, 5.74) is 7.54. The third-order valence-electron chi connectivity index (χ3n) is 21.3. The summed E-state index contributed by atoms with van der Waals surface area (Å²) in [6, 6.07) is -0.290. The van der Waals surface area contributed by atoms with Gasteiger partial charge in [-0.1, -0.05) is 129 Å². The number of carbonyl (C=O) groups is 19. The van der Waals surface area contributed by atoms with Crippen molar-refractivity contribution in [2.45, 2.75) is 238 Å². The fraction of sp³-hybridized carbons (Fsp3) is 0.523. The van der Waals surface area contributed by atoms with E-state index in [1.165, 1.54) is 82.2 Å². The minimum Gasteiger partial charge on any atom is -0.508 e. The highest BCUT2D eigenvalue weighted by molar-refractivity contribution is 7.99. The maximum atomic E-state index is 15.3. The van der Waals surface area contributed by atoms with Gasteiger partial charge in [-0.25, -0.2) is 9.78 Å². The minimum absolute atomic E-state index is 0.0915. The molecule has 132 heavy (non-hydrogen) atoms. The number of carboxylic acid groups (broad SMARTS) is 3. The number of nitrogens with one attached hydrogen (secondary N) is 16. The standard InChI is InChI=1S/C88H125N19O23S2/c1-12-49(7)74(86(127)101-67(88(129)130)36-56-40-107(46-108)70-25-18-17-23-59(56)70)106-87(128)75(50(8)13-2)105-82(123)66(38-72(115)116)99-78(119)62(33-47(3)4)96-81(122)65(37-57-39-90-43-91-57)98-83(124)68(41-131-44-92-51(9)109)103-80(121)63(34-54-21-15-14-16-22-54)97-79(120)64(35-55-26-28-58(112)29-27-55)100-85(126)73(48(5)6)104-84(125)69(42-132-45-93-52(10)110)102-77(118)61(30-31-71(113)114)95-76(117)60(94-53(11)111)24-19-20-32-89/h14-18,21-23,25-29,39-40,43,46-50,60-69,73-75,112H,12-13,19-20,24,30-38,41-42,44-45,89H2,1-11H3,(H,90,91)(H,92,109)(H,93,110)(H,94,111)(H,95,117)(H,96,122)(H,97,120)(H,98,124)(H,99,119)(H,100,126)(H,101,127)(H,102,118)(H,103,121)(H,104,125)(H,105,123)(H,106,128)(H,113,114)(H,115,116)(H,129,130)/t49-,50-,60-,61-,62-,63-,64-,65-,66-,67-,68-,69-,73-,74-,75-/m0/s1. The molecule has 0 saturated heterocycles. The van der Waals surface area contributed by atoms with Crippen molar-refractivity contribution in [3.63, 3.8) is 0 Å². The van der Waals surface area contributed by atoms with Crippen LogP contribution in [0.25, 0.3) is 10.9 Å². The molecule has 0 aliphatic rings. The van der Waals surface area contributed by atoms with E-state index in [1.54, 1.807) is 96.1 Å². The second-order valence-electron chi connectivity index (χ2n) is 32.8. The highest BCUT2D eigenvalue weighted by atomic mass is 32.2. The van der Waals surface area contributed by atoms with E-state index in [4.69, 9.17) is 5.73 Å². The average Bonchev–Trinajstić information content (AvgIpc) is 1.65. The number of phenolic OH excluding ortho intramolecular Hbond substituents is 1. The van der Waals surface area contributed by atoms with Gasteiger partial charge in [0.25, 0.3) is 0 Å². The zero-order valence-electron chi connectivity index (χ0n) is 75.7. The molecule has 42 nitrogen and oxygen atoms in total. The summed E-state index contributed by atoms with van der Waals surface area (Å²) < 4.78 is 1.27. The second kappa shape index (κ2) is 55.9. The van der Waals surface area contributed by atoms with Crippen LogP contribution in [0.4, 0.5) is 0 Å². The monoisotopic (exact) mass is 1880 g/mol. The van der Waals surface area contributed by atoms with Crippen molar-refractivity contribution in [1.82, 2.24) is 94.3 Å². The molecule has 5 rings (SSSR count). The number of H-pyrrole nitrogens is 1. The Labute approximate surface area is 772 Å². The number of rotatable bonds is 59. The fourth-order valence-corrected chi connectivity index (χ4v) is 15.5. The highest BCUT2D eigenvalue weighted by Gasteiger charge is 2.41. The lowest BCUT2D eigenvalue weighted by Crippen LogP contribution is -2.62. The lowest BCUT2D eigenvalue weighted by Gasteiger charge is -2.31. The molecule has 0 bridgehead atoms. The van der Waals surface area contributed by atoms with Crippen molar-refractivity contribution in [1.29, 1.82) is 0 Å². The van der Waals surface area contributed by atoms with E-state index >= 15 is 19.2 Å². The number of imidazole rings is 1. The topological polar surface area (TPSA) is 645 Å². The summed E-state index contributed by atoms with van der Waals surface area (Å²) >= 11 is 1.89. The SMILES string of the molecule is CC[C@H](C)[C@H](NC(=O)[C@H](CC(=O)O)NC(=O)[C@H](CC(C)C)NC(=O)[C@H](Cc1c[nH]cn1)NC(=O)[C@H](CSCNC(C)=O)NC(=O)[C@H](Cc1ccccc1)NC(=O)[C@H](Cc1ccc(O)cc1)NC(=O)[C@@H](NC(=O)[C@H](CSCNC(C)=O)NC(=O)[C@H](CCC(=O)O)NC(=O)[C@H](CCCCN)NC(C)=O)C(C)C)C(=O)N[C@H](C(=O)N[C@@H](Cc1cn(C=O)c2ccccc12)C(=O)O)[C@@H](C)CC. The number of benzene rings is 3. The Hall–Kier alpha value is -13.0. The number of aromatic amines is 1. The van der Waals surface area contributed by atoms with Crippen molar-refractivity contribution in [2.24, 2.45) is 29.4 Å². The van der Waals surface area contributed by atoms with Crippen LogP contribution in [0, 0.1) is 23.7 Å². The van der Waals surface area contributed by atoms with Crippen molar-refractivity contribution in [3.05, 3.63) is 120 Å². The van der Waals surface area contributed by atoms with E-state index in [0.717, 1.165) is 23.5 Å². The Morgan fingerprint density at radius 2 is 0.886 bits per heavy atom. The molecule has 22 N–H and O–H groups in total. The van der Waals surface area contributed by atoms with Crippen molar-refractivity contribution >= 4 is 147 Å². The number of nitrogens with zero attached hydrogens (tertiary/aromatic N) is 2. The first kappa shape index (κ1) is 110. The first-order valence-corrected chi connectivity index (χ1v) is 45.6. The first-order valence-electron chi connectivity index (χ1n) is 43.3. The van der Waals surface area contributed by atoms with Crippen molar-refractivity contribution in [2.75, 3.05) is 29.8 Å². The number of aromatic hydroxyl groups is 1. The van der Waals surface area contributed by atoms with Crippen LogP contribution in [0.5, 0.6) is 5.75 Å². The number of unbranched alkanes of at least 4 members (excludes halogenated alkanes) is 1. The lowest BCUT2D eigenvalue weighted by atomic mass is 9.94. The number of fused-ring (bicyclic) bond motifs is 1. The van der Waals surface area contributed by atoms with E-state index in [1.807, 2.05) is 0 Å². The largest absolute Gasteiger partial charge is 0.508 e. The Balaban J connectivity index is 1.46. The molecule has 15 amide bonds. The molecule has 2 aromatic heterocycles. The smallest absolute Gasteiger partial charge is 0.326 e. The van der Waals surface area contributed by atoms with Crippen LogP contribution in [0.2, 0.25) is 0 Å². The van der Waals surface area contributed by atoms with Gasteiger partial charge < -0.3 is 111 Å². The maximum Gasteiger partial charge on any atom is 0.326 e. The number of amides is 15. The molecule has 44 heteroatoms. The molecule has 0 radical (unpaired) electrons. The van der Waals surface area contributed by atoms with Crippen LogP contribution in [-0.2, 0) is 117 Å². The quantitative estimate of drug-likeness (QED) is 0.0135. The summed E-state index contributed by atoms with van der Waals surface area (Å²) in [6.07, 6.45) is 2.32. The van der Waals surface area contributed by atoms with Crippen LogP contribution < -0.4 is 85.5 Å². The van der Waals surface area contributed by atoms with Gasteiger partial charge >= 0.3 is 17.9 Å². The van der Waals surface area contributed by atoms with Gasteiger partial charge in [-0.15, -0.1) is 23.5 Å². The van der Waals surface area contributed by atoms with Crippen LogP contribution in [-0.4, -0.2) is 256 Å². The average molecular weight is 1880 g/mol. The maximum absolute atomic E-state index is 15.3. The molecule has 0 aliphatic carbocycles. The number of thioether (sulfide) groups is 2. The Bertz CT molecular complexity index is 4770. The molecule has 5 aromatic rings. The lowest BCUT2D eigenvalue weighted by molar-refractivity contribution is -0.143. The Morgan fingerprint density at radius 3 is 1.38 bits per heavy atom. The fourth-order valence-electron chi connectivity index (χ4n) is 13.7. The molecular weight excluding hydrogens is 1760 g/mol. The molecule has 0 unspecified atom stereocenters. The number of aliphatic carboxylic acids is 3. The predicted octanol–water partition coefficient (Wildman–Crippen LogP) is -0.298. The molecular formula is C88H125N19O23S2. The minimum atomic E-state index is -1.96. The predicted molar refractivity (Wildman–Crippen MR) is 488 cm³/mol. The summed E-state index contributed by atoms with van der Waals surface area (Å²) in [7, 11) is 0. The van der Waals surface area contributed by atoms with Gasteiger partial charge in [0.2, 0.25) is 95.0 Å². The van der Waals surface area contributed by atoms with E-state index in [0.29, 0.717) is 46.8 Å². The summed E-state index contributed by atoms with van der Waals surface area (Å²) in [5, 5.41) is 80.0. The number of para-hydroxylation sites is 1. The van der Waals surface area contributed by atoms with Crippen molar-refractivity contribution < 1.29 is 112 Å². The molecule has 0 saturated carbocycles. The van der Waals surface area contributed by atoms with E-state index in [-0.39, 0.29) is 86.2 Å². The van der Waals surface area contributed by atoms with E-state index < -0.39 is 234 Å². The van der Waals surface area contributed by atoms with Crippen LogP contribution in [0.3, 0.4) is 0 Å². The number of phenols is 1. The molecule has 0 aliphatic heterocycles. The third kappa shape index (κ3) is 37.5. The molecule has 0 fully saturated rings. The van der Waals surface area contributed by atoms with Gasteiger partial charge in [-0.3, -0.25) is 90.9 Å². The Kier molecular flexibility index (Phi) is 46.4. The molecule has 15 atom stereocenters. The number of hydrogen-bond acceptors (Lipinski definition) is 24. The zero-order chi connectivity index (χ0) is 98.0. The molecule has 3 aromatic carbocycles. The number of aromatic nitrogens is 3. The third-order valence-corrected chi connectivity index (χ3v) is 23.1. The summed E-state index contributed by atoms with van der Waals surface area (Å²) in [4.78, 5) is 269. The number of carboxylic acids is 3. The molecule has 722 valence electrons. The molecule has 0 spiro atoms. The molecule has 2 heterocycles. The Morgan fingerprint density at radius 1 is 0.455 bits per heavy atom. The normalized spacial score (nSPS) is 14.6. The van der Waals surface area contributed by atoms with Gasteiger partial charge in [-0.2, -0.15) is 0 Å². The van der Waals surface area contributed by atoms with Gasteiger partial charge in [0, 0.05) is 82.2 Å². The van der Waals surface area contributed by atoms with E-state index in [9.17, 15) is 92.3 Å². The number of hydrogen-bond donors (Lipinski definition) is 21. The zero-order valence-corrected chi connectivity index (χ0v) is 77.3. The van der Waals surface area contributed by atoms with Crippen molar-refractivity contribution in [3.8, 4) is 5.75 Å². The number of nitrogens with two attached hydrogens (primary N) is 1. The van der Waals surface area contributed by atoms with E-state index in [2.05, 4.69) is 89.7 Å². The summed E-state index contributed by atoms with van der Waals surface area (Å²) in [6.45, 7) is 16.9.